The topological polar surface area (TPSA) is 95.4 Å². The number of aromatic nitrogens is 1. The van der Waals surface area contributed by atoms with Gasteiger partial charge in [0.15, 0.2) is 11.7 Å². The van der Waals surface area contributed by atoms with Crippen molar-refractivity contribution in [3.8, 4) is 28.3 Å². The van der Waals surface area contributed by atoms with E-state index in [1.807, 2.05) is 36.4 Å². The van der Waals surface area contributed by atoms with E-state index in [9.17, 15) is 8.42 Å². The van der Waals surface area contributed by atoms with Crippen molar-refractivity contribution >= 4 is 21.6 Å². The fraction of sp³-hybridized carbons (Fsp3) is 0.0870. The van der Waals surface area contributed by atoms with Crippen molar-refractivity contribution in [1.82, 2.24) is 4.98 Å². The number of sulfonamides is 1. The molecule has 0 radical (unpaired) electrons. The Hall–Kier alpha value is -3.13. The number of ether oxygens (including phenoxy) is 1. The van der Waals surface area contributed by atoms with Gasteiger partial charge in [-0.25, -0.2) is 18.5 Å². The molecule has 31 heavy (non-hydrogen) atoms. The molecule has 0 aliphatic carbocycles. The van der Waals surface area contributed by atoms with Crippen molar-refractivity contribution < 1.29 is 17.6 Å². The lowest BCUT2D eigenvalue weighted by Gasteiger charge is -2.06. The first-order valence-electron chi connectivity index (χ1n) is 9.36. The van der Waals surface area contributed by atoms with E-state index in [0.29, 0.717) is 40.1 Å². The Balaban J connectivity index is 1.82. The van der Waals surface area contributed by atoms with Gasteiger partial charge in [0.1, 0.15) is 11.4 Å². The minimum Gasteiger partial charge on any atom is -0.495 e. The molecule has 1 aromatic heterocycles. The van der Waals surface area contributed by atoms with Crippen molar-refractivity contribution in [2.24, 2.45) is 5.14 Å². The summed E-state index contributed by atoms with van der Waals surface area (Å²) in [7, 11) is -2.25. The number of rotatable bonds is 6. The zero-order valence-corrected chi connectivity index (χ0v) is 18.2. The number of methoxy groups -OCH3 is 1. The summed E-state index contributed by atoms with van der Waals surface area (Å²) in [6, 6.07) is 21.4. The van der Waals surface area contributed by atoms with Gasteiger partial charge in [-0.05, 0) is 35.9 Å². The summed E-state index contributed by atoms with van der Waals surface area (Å²) in [6.07, 6.45) is 0.508. The second-order valence-corrected chi connectivity index (χ2v) is 8.84. The van der Waals surface area contributed by atoms with Crippen LogP contribution in [0.2, 0.25) is 5.02 Å². The van der Waals surface area contributed by atoms with Crippen LogP contribution in [0.4, 0.5) is 0 Å². The standard InChI is InChI=1S/C23H19ClN2O4S/c1-29-20-14-17(9-12-19(20)24)23-22(16-7-10-18(11-8-16)31(25,27)28)26-21(30-23)13-15-5-3-2-4-6-15/h2-12,14H,13H2,1H3,(H2,25,27,28). The van der Waals surface area contributed by atoms with Crippen LogP contribution in [0.1, 0.15) is 11.5 Å². The molecule has 0 fully saturated rings. The van der Waals surface area contributed by atoms with Gasteiger partial charge >= 0.3 is 0 Å². The average Bonchev–Trinajstić information content (AvgIpc) is 3.18. The van der Waals surface area contributed by atoms with E-state index in [-0.39, 0.29) is 4.90 Å². The number of nitrogens with zero attached hydrogens (tertiary/aromatic N) is 1. The number of nitrogens with two attached hydrogens (primary N) is 1. The lowest BCUT2D eigenvalue weighted by atomic mass is 10.1. The number of hydrogen-bond donors (Lipinski definition) is 1. The second-order valence-electron chi connectivity index (χ2n) is 6.87. The summed E-state index contributed by atoms with van der Waals surface area (Å²) >= 11 is 6.17. The zero-order chi connectivity index (χ0) is 22.0. The van der Waals surface area contributed by atoms with Crippen molar-refractivity contribution in [1.29, 1.82) is 0 Å². The number of primary sulfonamides is 1. The van der Waals surface area contributed by atoms with Gasteiger partial charge in [-0.15, -0.1) is 0 Å². The van der Waals surface area contributed by atoms with Crippen molar-refractivity contribution in [3.63, 3.8) is 0 Å². The van der Waals surface area contributed by atoms with Gasteiger partial charge in [0.25, 0.3) is 0 Å². The van der Waals surface area contributed by atoms with Gasteiger partial charge in [-0.3, -0.25) is 0 Å². The fourth-order valence-corrected chi connectivity index (χ4v) is 3.92. The van der Waals surface area contributed by atoms with E-state index in [1.165, 1.54) is 12.1 Å². The molecule has 0 atom stereocenters. The molecule has 0 saturated carbocycles. The molecular weight excluding hydrogens is 436 g/mol. The van der Waals surface area contributed by atoms with E-state index in [1.54, 1.807) is 31.4 Å². The number of benzene rings is 3. The van der Waals surface area contributed by atoms with Crippen LogP contribution in [0.5, 0.6) is 5.75 Å². The van der Waals surface area contributed by atoms with Gasteiger partial charge in [-0.1, -0.05) is 54.1 Å². The van der Waals surface area contributed by atoms with E-state index in [2.05, 4.69) is 0 Å². The molecule has 4 rings (SSSR count). The minimum atomic E-state index is -3.79. The molecule has 1 heterocycles. The third-order valence-electron chi connectivity index (χ3n) is 4.74. The maximum absolute atomic E-state index is 11.6. The van der Waals surface area contributed by atoms with Gasteiger partial charge in [0, 0.05) is 17.5 Å². The maximum Gasteiger partial charge on any atom is 0.238 e. The summed E-state index contributed by atoms with van der Waals surface area (Å²) < 4.78 is 34.7. The van der Waals surface area contributed by atoms with Crippen LogP contribution in [0.3, 0.4) is 0 Å². The van der Waals surface area contributed by atoms with E-state index < -0.39 is 10.0 Å². The molecule has 0 spiro atoms. The van der Waals surface area contributed by atoms with Gasteiger partial charge in [-0.2, -0.15) is 0 Å². The predicted octanol–water partition coefficient (Wildman–Crippen LogP) is 4.91. The molecule has 3 aromatic carbocycles. The van der Waals surface area contributed by atoms with Crippen molar-refractivity contribution in [3.05, 3.63) is 89.3 Å². The summed E-state index contributed by atoms with van der Waals surface area (Å²) in [6.45, 7) is 0. The Kier molecular flexibility index (Phi) is 5.82. The number of halogens is 1. The lowest BCUT2D eigenvalue weighted by Crippen LogP contribution is -2.11. The monoisotopic (exact) mass is 454 g/mol. The Labute approximate surface area is 185 Å². The van der Waals surface area contributed by atoms with Gasteiger partial charge in [0.2, 0.25) is 10.0 Å². The molecule has 0 aliphatic heterocycles. The van der Waals surface area contributed by atoms with Crippen LogP contribution < -0.4 is 9.88 Å². The fourth-order valence-electron chi connectivity index (χ4n) is 3.21. The molecule has 6 nitrogen and oxygen atoms in total. The molecule has 2 N–H and O–H groups in total. The molecule has 0 unspecified atom stereocenters. The molecule has 0 saturated heterocycles. The highest BCUT2D eigenvalue weighted by atomic mass is 35.5. The first-order valence-corrected chi connectivity index (χ1v) is 11.3. The average molecular weight is 455 g/mol. The molecule has 0 bridgehead atoms. The lowest BCUT2D eigenvalue weighted by molar-refractivity contribution is 0.415. The van der Waals surface area contributed by atoms with Crippen LogP contribution >= 0.6 is 11.6 Å². The van der Waals surface area contributed by atoms with Gasteiger partial charge in [0.05, 0.1) is 17.0 Å². The first kappa shape index (κ1) is 21.1. The summed E-state index contributed by atoms with van der Waals surface area (Å²) in [5, 5.41) is 5.70. The minimum absolute atomic E-state index is 0.0268. The largest absolute Gasteiger partial charge is 0.495 e. The molecule has 4 aromatic rings. The maximum atomic E-state index is 11.6. The van der Waals surface area contributed by atoms with E-state index >= 15 is 0 Å². The van der Waals surface area contributed by atoms with Crippen LogP contribution in [0, 0.1) is 0 Å². The highest BCUT2D eigenvalue weighted by Crippen LogP contribution is 2.37. The number of hydrogen-bond acceptors (Lipinski definition) is 5. The number of oxazole rings is 1. The van der Waals surface area contributed by atoms with Crippen molar-refractivity contribution in [2.45, 2.75) is 11.3 Å². The summed E-state index contributed by atoms with van der Waals surface area (Å²) in [4.78, 5) is 4.73. The SMILES string of the molecule is COc1cc(-c2oc(Cc3ccccc3)nc2-c2ccc(S(N)(=O)=O)cc2)ccc1Cl. The van der Waals surface area contributed by atoms with E-state index in [0.717, 1.165) is 11.1 Å². The summed E-state index contributed by atoms with van der Waals surface area (Å²) in [5.41, 5.74) is 3.06. The Bertz CT molecular complexity index is 1320. The smallest absolute Gasteiger partial charge is 0.238 e. The normalized spacial score (nSPS) is 11.5. The molecule has 8 heteroatoms. The zero-order valence-electron chi connectivity index (χ0n) is 16.6. The molecule has 0 amide bonds. The van der Waals surface area contributed by atoms with Crippen molar-refractivity contribution in [2.75, 3.05) is 7.11 Å². The Morgan fingerprint density at radius 2 is 1.68 bits per heavy atom. The first-order chi connectivity index (χ1) is 14.8. The van der Waals surface area contributed by atoms with Crippen LogP contribution in [-0.4, -0.2) is 20.5 Å². The molecule has 0 aliphatic rings. The Morgan fingerprint density at radius 1 is 1.00 bits per heavy atom. The highest BCUT2D eigenvalue weighted by Gasteiger charge is 2.19. The van der Waals surface area contributed by atoms with Crippen LogP contribution in [0.15, 0.2) is 82.1 Å². The Morgan fingerprint density at radius 3 is 2.32 bits per heavy atom. The molecular formula is C23H19ClN2O4S. The van der Waals surface area contributed by atoms with Gasteiger partial charge < -0.3 is 9.15 Å². The third kappa shape index (κ3) is 4.64. The summed E-state index contributed by atoms with van der Waals surface area (Å²) in [5.74, 6) is 1.57. The van der Waals surface area contributed by atoms with Crippen LogP contribution in [-0.2, 0) is 16.4 Å². The van der Waals surface area contributed by atoms with E-state index in [4.69, 9.17) is 30.9 Å². The quantitative estimate of drug-likeness (QED) is 0.446. The highest BCUT2D eigenvalue weighted by molar-refractivity contribution is 7.89. The molecule has 158 valence electrons. The van der Waals surface area contributed by atoms with Crippen LogP contribution in [0.25, 0.3) is 22.6 Å². The predicted molar refractivity (Wildman–Crippen MR) is 120 cm³/mol. The second kappa shape index (κ2) is 8.55. The third-order valence-corrected chi connectivity index (χ3v) is 5.98.